The van der Waals surface area contributed by atoms with Crippen molar-refractivity contribution in [2.45, 2.75) is 32.4 Å². The van der Waals surface area contributed by atoms with E-state index < -0.39 is 0 Å². The first kappa shape index (κ1) is 15.7. The van der Waals surface area contributed by atoms with Crippen molar-refractivity contribution in [3.8, 4) is 11.5 Å². The van der Waals surface area contributed by atoms with Crippen molar-refractivity contribution in [3.05, 3.63) is 47.9 Å². The summed E-state index contributed by atoms with van der Waals surface area (Å²) >= 11 is 5.34. The average Bonchev–Trinajstić information content (AvgIpc) is 3.21. The summed E-state index contributed by atoms with van der Waals surface area (Å²) in [5.74, 6) is 2.58. The van der Waals surface area contributed by atoms with Crippen LogP contribution in [-0.4, -0.2) is 17.9 Å². The lowest BCUT2D eigenvalue weighted by Crippen LogP contribution is -2.40. The first-order chi connectivity index (χ1) is 11.2. The van der Waals surface area contributed by atoms with Crippen molar-refractivity contribution in [2.75, 3.05) is 6.79 Å². The Balaban J connectivity index is 1.40. The van der Waals surface area contributed by atoms with Gasteiger partial charge in [-0.1, -0.05) is 6.07 Å². The van der Waals surface area contributed by atoms with Crippen LogP contribution in [0.3, 0.4) is 0 Å². The third kappa shape index (κ3) is 4.39. The molecule has 2 aromatic rings. The molecule has 0 spiro atoms. The van der Waals surface area contributed by atoms with E-state index in [4.69, 9.17) is 26.1 Å². The predicted molar refractivity (Wildman–Crippen MR) is 91.6 cm³/mol. The maximum atomic E-state index is 5.37. The fourth-order valence-corrected chi connectivity index (χ4v) is 2.67. The molecule has 23 heavy (non-hydrogen) atoms. The van der Waals surface area contributed by atoms with E-state index in [2.05, 4.69) is 17.6 Å². The topological polar surface area (TPSA) is 55.7 Å². The minimum atomic E-state index is 0.275. The molecule has 1 aromatic heterocycles. The van der Waals surface area contributed by atoms with Crippen LogP contribution in [0.1, 0.15) is 24.7 Å². The molecule has 0 saturated carbocycles. The summed E-state index contributed by atoms with van der Waals surface area (Å²) in [5.41, 5.74) is 1.10. The zero-order valence-electron chi connectivity index (χ0n) is 13.0. The van der Waals surface area contributed by atoms with Gasteiger partial charge in [0.15, 0.2) is 16.6 Å². The van der Waals surface area contributed by atoms with Gasteiger partial charge in [0.05, 0.1) is 6.26 Å². The molecule has 0 unspecified atom stereocenters. The third-order valence-corrected chi connectivity index (χ3v) is 3.93. The number of hydrogen-bond donors (Lipinski definition) is 2. The smallest absolute Gasteiger partial charge is 0.231 e. The van der Waals surface area contributed by atoms with Crippen LogP contribution in [-0.2, 0) is 13.0 Å². The second-order valence-electron chi connectivity index (χ2n) is 5.53. The van der Waals surface area contributed by atoms with Gasteiger partial charge in [-0.25, -0.2) is 0 Å². The maximum Gasteiger partial charge on any atom is 0.231 e. The van der Waals surface area contributed by atoms with Crippen LogP contribution in [0.5, 0.6) is 11.5 Å². The lowest BCUT2D eigenvalue weighted by Gasteiger charge is -2.16. The van der Waals surface area contributed by atoms with E-state index in [1.807, 2.05) is 30.3 Å². The highest BCUT2D eigenvalue weighted by atomic mass is 32.1. The van der Waals surface area contributed by atoms with Gasteiger partial charge >= 0.3 is 0 Å². The van der Waals surface area contributed by atoms with Crippen molar-refractivity contribution < 1.29 is 13.9 Å². The number of fused-ring (bicyclic) bond motifs is 1. The zero-order chi connectivity index (χ0) is 16.1. The Kier molecular flexibility index (Phi) is 5.02. The molecule has 0 aliphatic carbocycles. The van der Waals surface area contributed by atoms with E-state index in [1.54, 1.807) is 6.26 Å². The summed E-state index contributed by atoms with van der Waals surface area (Å²) in [7, 11) is 0. The number of thiocarbonyl (C=S) groups is 1. The molecule has 5 nitrogen and oxygen atoms in total. The number of furan rings is 1. The summed E-state index contributed by atoms with van der Waals surface area (Å²) in [4.78, 5) is 0. The Morgan fingerprint density at radius 1 is 1.26 bits per heavy atom. The molecular formula is C17H20N2O3S. The van der Waals surface area contributed by atoms with Gasteiger partial charge in [-0.05, 0) is 55.4 Å². The normalized spacial score (nSPS) is 13.6. The molecule has 0 fully saturated rings. The molecule has 122 valence electrons. The number of rotatable bonds is 6. The van der Waals surface area contributed by atoms with Crippen LogP contribution in [0.15, 0.2) is 41.0 Å². The fourth-order valence-electron chi connectivity index (χ4n) is 2.39. The number of nitrogens with one attached hydrogen (secondary N) is 2. The van der Waals surface area contributed by atoms with Crippen LogP contribution in [0.4, 0.5) is 0 Å². The van der Waals surface area contributed by atoms with Crippen LogP contribution in [0, 0.1) is 0 Å². The Labute approximate surface area is 141 Å². The molecule has 1 atom stereocenters. The molecule has 0 bridgehead atoms. The Hall–Kier alpha value is -2.21. The van der Waals surface area contributed by atoms with Crippen molar-refractivity contribution in [1.29, 1.82) is 0 Å². The quantitative estimate of drug-likeness (QED) is 0.793. The summed E-state index contributed by atoms with van der Waals surface area (Å²) in [5, 5.41) is 7.15. The number of hydrogen-bond acceptors (Lipinski definition) is 4. The second kappa shape index (κ2) is 7.37. The summed E-state index contributed by atoms with van der Waals surface area (Å²) < 4.78 is 16.0. The molecule has 0 radical (unpaired) electrons. The molecule has 6 heteroatoms. The van der Waals surface area contributed by atoms with Crippen molar-refractivity contribution in [2.24, 2.45) is 0 Å². The summed E-state index contributed by atoms with van der Waals surface area (Å²) in [6.45, 7) is 3.05. The summed E-state index contributed by atoms with van der Waals surface area (Å²) in [6, 6.07) is 10.1. The van der Waals surface area contributed by atoms with Gasteiger partial charge in [-0.3, -0.25) is 0 Å². The van der Waals surface area contributed by atoms with E-state index >= 15 is 0 Å². The lowest BCUT2D eigenvalue weighted by atomic mass is 10.1. The molecule has 2 heterocycles. The van der Waals surface area contributed by atoms with E-state index in [9.17, 15) is 0 Å². The SMILES string of the molecule is C[C@H](CCc1ccco1)NC(=S)NCc1ccc2c(c1)OCO2. The van der Waals surface area contributed by atoms with Crippen molar-refractivity contribution in [1.82, 2.24) is 10.6 Å². The summed E-state index contributed by atoms with van der Waals surface area (Å²) in [6.07, 6.45) is 3.55. The van der Waals surface area contributed by atoms with Crippen LogP contribution >= 0.6 is 12.2 Å². The first-order valence-electron chi connectivity index (χ1n) is 7.66. The van der Waals surface area contributed by atoms with Gasteiger partial charge in [0.2, 0.25) is 6.79 Å². The van der Waals surface area contributed by atoms with E-state index in [-0.39, 0.29) is 6.04 Å². The van der Waals surface area contributed by atoms with Crippen LogP contribution in [0.2, 0.25) is 0 Å². The first-order valence-corrected chi connectivity index (χ1v) is 8.07. The zero-order valence-corrected chi connectivity index (χ0v) is 13.8. The van der Waals surface area contributed by atoms with Gasteiger partial charge in [0.1, 0.15) is 5.76 Å². The van der Waals surface area contributed by atoms with Crippen LogP contribution in [0.25, 0.3) is 0 Å². The molecule has 0 amide bonds. The van der Waals surface area contributed by atoms with E-state index in [0.29, 0.717) is 18.5 Å². The minimum Gasteiger partial charge on any atom is -0.469 e. The van der Waals surface area contributed by atoms with Crippen molar-refractivity contribution >= 4 is 17.3 Å². The number of ether oxygens (including phenoxy) is 2. The molecule has 3 rings (SSSR count). The van der Waals surface area contributed by atoms with Gasteiger partial charge in [0.25, 0.3) is 0 Å². The highest BCUT2D eigenvalue weighted by molar-refractivity contribution is 7.80. The number of benzene rings is 1. The fraction of sp³-hybridized carbons (Fsp3) is 0.353. The van der Waals surface area contributed by atoms with Gasteiger partial charge < -0.3 is 24.5 Å². The lowest BCUT2D eigenvalue weighted by molar-refractivity contribution is 0.174. The second-order valence-corrected chi connectivity index (χ2v) is 5.94. The molecule has 1 aliphatic rings. The monoisotopic (exact) mass is 332 g/mol. The van der Waals surface area contributed by atoms with Gasteiger partial charge in [-0.15, -0.1) is 0 Å². The minimum absolute atomic E-state index is 0.275. The van der Waals surface area contributed by atoms with Gasteiger partial charge in [0, 0.05) is 19.0 Å². The Morgan fingerprint density at radius 3 is 2.96 bits per heavy atom. The highest BCUT2D eigenvalue weighted by Gasteiger charge is 2.13. The van der Waals surface area contributed by atoms with Gasteiger partial charge in [-0.2, -0.15) is 0 Å². The predicted octanol–water partition coefficient (Wildman–Crippen LogP) is 2.99. The molecule has 2 N–H and O–H groups in total. The Bertz CT molecular complexity index is 658. The molecule has 1 aliphatic heterocycles. The number of aryl methyl sites for hydroxylation is 1. The molecule has 0 saturated heterocycles. The third-order valence-electron chi connectivity index (χ3n) is 3.67. The average molecular weight is 332 g/mol. The van der Waals surface area contributed by atoms with E-state index in [1.165, 1.54) is 0 Å². The largest absolute Gasteiger partial charge is 0.469 e. The highest BCUT2D eigenvalue weighted by Crippen LogP contribution is 2.32. The standard InChI is InChI=1S/C17H20N2O3S/c1-12(4-6-14-3-2-8-20-14)19-17(23)18-10-13-5-7-15-16(9-13)22-11-21-15/h2-3,5,7-9,12H,4,6,10-11H2,1H3,(H2,18,19,23)/t12-/m1/s1. The van der Waals surface area contributed by atoms with Crippen molar-refractivity contribution in [3.63, 3.8) is 0 Å². The Morgan fingerprint density at radius 2 is 2.13 bits per heavy atom. The maximum absolute atomic E-state index is 5.37. The molecule has 1 aromatic carbocycles. The molecular weight excluding hydrogens is 312 g/mol. The van der Waals surface area contributed by atoms with Crippen LogP contribution < -0.4 is 20.1 Å². The van der Waals surface area contributed by atoms with E-state index in [0.717, 1.165) is 35.7 Å².